The Balaban J connectivity index is 1.52. The number of fused-ring (bicyclic) bond motifs is 3. The second kappa shape index (κ2) is 9.28. The summed E-state index contributed by atoms with van der Waals surface area (Å²) < 4.78 is 0. The average molecular weight is 442 g/mol. The van der Waals surface area contributed by atoms with E-state index in [1.807, 2.05) is 79.7 Å². The summed E-state index contributed by atoms with van der Waals surface area (Å²) >= 11 is 0. The third-order valence-corrected chi connectivity index (χ3v) is 6.07. The summed E-state index contributed by atoms with van der Waals surface area (Å²) in [5.74, 6) is -2.10. The molecule has 1 aliphatic rings. The summed E-state index contributed by atoms with van der Waals surface area (Å²) in [6.45, 7) is 3.88. The summed E-state index contributed by atoms with van der Waals surface area (Å²) in [5, 5.41) is 5.63. The number of nitrogens with zero attached hydrogens (tertiary/aromatic N) is 1. The smallest absolute Gasteiger partial charge is 0.253 e. The van der Waals surface area contributed by atoms with Crippen molar-refractivity contribution < 1.29 is 14.4 Å². The van der Waals surface area contributed by atoms with Crippen LogP contribution in [0.25, 0.3) is 11.1 Å². The Morgan fingerprint density at radius 1 is 0.909 bits per heavy atom. The van der Waals surface area contributed by atoms with Crippen LogP contribution in [0.1, 0.15) is 29.7 Å². The second-order valence-corrected chi connectivity index (χ2v) is 8.37. The lowest BCUT2D eigenvalue weighted by Crippen LogP contribution is -2.45. The zero-order valence-corrected chi connectivity index (χ0v) is 19.0. The molecule has 0 saturated carbocycles. The van der Waals surface area contributed by atoms with Gasteiger partial charge in [0.1, 0.15) is 12.0 Å². The number of rotatable bonds is 5. The molecule has 3 aromatic carbocycles. The molecule has 0 spiro atoms. The maximum absolute atomic E-state index is 13.3. The van der Waals surface area contributed by atoms with E-state index in [2.05, 4.69) is 10.6 Å². The van der Waals surface area contributed by atoms with Crippen LogP contribution in [-0.2, 0) is 20.9 Å². The third-order valence-electron chi connectivity index (χ3n) is 6.07. The minimum Gasteiger partial charge on any atom is -0.351 e. The van der Waals surface area contributed by atoms with Gasteiger partial charge >= 0.3 is 0 Å². The molecule has 0 aromatic heterocycles. The monoisotopic (exact) mass is 441 g/mol. The lowest BCUT2D eigenvalue weighted by atomic mass is 9.95. The Bertz CT molecular complexity index is 1200. The highest BCUT2D eigenvalue weighted by molar-refractivity contribution is 6.07. The molecule has 3 amide bonds. The summed E-state index contributed by atoms with van der Waals surface area (Å²) in [6, 6.07) is 22.1. The molecule has 0 saturated heterocycles. The topological polar surface area (TPSA) is 78.5 Å². The van der Waals surface area contributed by atoms with Crippen LogP contribution in [0.2, 0.25) is 0 Å². The summed E-state index contributed by atoms with van der Waals surface area (Å²) in [6.07, 6.45) is 0. The standard InChI is InChI=1S/C27H27N3O3/c1-17-12-14-19(15-13-17)16-28-25(31)18(2)26(32)29-24-22-10-5-4-8-20(22)21-9-6-7-11-23(21)30(3)27(24)33/h4-15,18,24H,16H2,1-3H3,(H,28,31)(H,29,32)/t18-,24+/m1/s1. The Labute approximate surface area is 193 Å². The summed E-state index contributed by atoms with van der Waals surface area (Å²) in [5.41, 5.74) is 5.37. The normalized spacial score (nSPS) is 15.7. The predicted molar refractivity (Wildman–Crippen MR) is 128 cm³/mol. The first-order valence-corrected chi connectivity index (χ1v) is 11.0. The van der Waals surface area contributed by atoms with Crippen LogP contribution >= 0.6 is 0 Å². The zero-order chi connectivity index (χ0) is 23.5. The molecule has 168 valence electrons. The molecule has 1 heterocycles. The van der Waals surface area contributed by atoms with Crippen LogP contribution in [0.5, 0.6) is 0 Å². The predicted octanol–water partition coefficient (Wildman–Crippen LogP) is 3.75. The van der Waals surface area contributed by atoms with Gasteiger partial charge in [-0.15, -0.1) is 0 Å². The quantitative estimate of drug-likeness (QED) is 0.592. The van der Waals surface area contributed by atoms with Crippen molar-refractivity contribution in [1.29, 1.82) is 0 Å². The van der Waals surface area contributed by atoms with Crippen molar-refractivity contribution in [2.75, 3.05) is 11.9 Å². The number of amides is 3. The number of hydrogen-bond acceptors (Lipinski definition) is 3. The van der Waals surface area contributed by atoms with Crippen LogP contribution in [-0.4, -0.2) is 24.8 Å². The van der Waals surface area contributed by atoms with E-state index in [1.54, 1.807) is 18.9 Å². The van der Waals surface area contributed by atoms with E-state index in [0.29, 0.717) is 12.1 Å². The van der Waals surface area contributed by atoms with E-state index in [1.165, 1.54) is 0 Å². The van der Waals surface area contributed by atoms with Gasteiger partial charge in [-0.1, -0.05) is 72.3 Å². The SMILES string of the molecule is Cc1ccc(CNC(=O)[C@@H](C)C(=O)N[C@@H]2C(=O)N(C)c3ccccc3-c3ccccc32)cc1. The number of likely N-dealkylation sites (N-methyl/N-ethyl adjacent to an activating group) is 1. The van der Waals surface area contributed by atoms with Gasteiger partial charge in [-0.25, -0.2) is 0 Å². The van der Waals surface area contributed by atoms with Crippen molar-refractivity contribution in [1.82, 2.24) is 10.6 Å². The number of carbonyl (C=O) groups is 3. The molecule has 6 nitrogen and oxygen atoms in total. The first-order chi connectivity index (χ1) is 15.9. The van der Waals surface area contributed by atoms with E-state index >= 15 is 0 Å². The van der Waals surface area contributed by atoms with Gasteiger partial charge in [-0.05, 0) is 36.6 Å². The highest BCUT2D eigenvalue weighted by atomic mass is 16.2. The Kier molecular flexibility index (Phi) is 6.27. The van der Waals surface area contributed by atoms with Gasteiger partial charge < -0.3 is 15.5 Å². The van der Waals surface area contributed by atoms with Crippen LogP contribution in [0.3, 0.4) is 0 Å². The first kappa shape index (κ1) is 22.3. The summed E-state index contributed by atoms with van der Waals surface area (Å²) in [7, 11) is 1.70. The minimum atomic E-state index is -0.952. The summed E-state index contributed by atoms with van der Waals surface area (Å²) in [4.78, 5) is 40.6. The molecule has 0 radical (unpaired) electrons. The van der Waals surface area contributed by atoms with Gasteiger partial charge in [0, 0.05) is 19.2 Å². The number of carbonyl (C=O) groups excluding carboxylic acids is 3. The highest BCUT2D eigenvalue weighted by Gasteiger charge is 2.34. The van der Waals surface area contributed by atoms with Gasteiger partial charge in [0.25, 0.3) is 5.91 Å². The lowest BCUT2D eigenvalue weighted by molar-refractivity contribution is -0.136. The number of para-hydroxylation sites is 1. The Morgan fingerprint density at radius 2 is 1.55 bits per heavy atom. The molecular formula is C27H27N3O3. The first-order valence-electron chi connectivity index (χ1n) is 11.0. The molecule has 2 N–H and O–H groups in total. The lowest BCUT2D eigenvalue weighted by Gasteiger charge is -2.24. The molecular weight excluding hydrogens is 414 g/mol. The maximum Gasteiger partial charge on any atom is 0.253 e. The van der Waals surface area contributed by atoms with Crippen molar-refractivity contribution in [2.45, 2.75) is 26.4 Å². The Morgan fingerprint density at radius 3 is 2.27 bits per heavy atom. The van der Waals surface area contributed by atoms with Crippen molar-refractivity contribution in [3.05, 3.63) is 89.5 Å². The molecule has 2 atom stereocenters. The molecule has 1 aliphatic heterocycles. The van der Waals surface area contributed by atoms with Crippen LogP contribution in [0, 0.1) is 12.8 Å². The van der Waals surface area contributed by atoms with Crippen molar-refractivity contribution >= 4 is 23.4 Å². The van der Waals surface area contributed by atoms with E-state index in [0.717, 1.165) is 27.9 Å². The van der Waals surface area contributed by atoms with E-state index in [4.69, 9.17) is 0 Å². The molecule has 3 aromatic rings. The molecule has 33 heavy (non-hydrogen) atoms. The minimum absolute atomic E-state index is 0.256. The van der Waals surface area contributed by atoms with Crippen molar-refractivity contribution in [3.63, 3.8) is 0 Å². The van der Waals surface area contributed by atoms with Crippen molar-refractivity contribution in [2.24, 2.45) is 5.92 Å². The van der Waals surface area contributed by atoms with Gasteiger partial charge in [0.15, 0.2) is 0 Å². The van der Waals surface area contributed by atoms with Crippen molar-refractivity contribution in [3.8, 4) is 11.1 Å². The molecule has 0 bridgehead atoms. The van der Waals surface area contributed by atoms with Gasteiger partial charge in [0.05, 0.1) is 5.69 Å². The van der Waals surface area contributed by atoms with Gasteiger partial charge in [0.2, 0.25) is 11.8 Å². The van der Waals surface area contributed by atoms with E-state index in [9.17, 15) is 14.4 Å². The Hall–Kier alpha value is -3.93. The molecule has 0 aliphatic carbocycles. The highest BCUT2D eigenvalue weighted by Crippen LogP contribution is 2.39. The largest absolute Gasteiger partial charge is 0.351 e. The third kappa shape index (κ3) is 4.51. The van der Waals surface area contributed by atoms with Crippen LogP contribution in [0.15, 0.2) is 72.8 Å². The number of benzene rings is 3. The number of nitrogens with one attached hydrogen (secondary N) is 2. The fourth-order valence-electron chi connectivity index (χ4n) is 4.01. The van der Waals surface area contributed by atoms with E-state index in [-0.39, 0.29) is 11.8 Å². The second-order valence-electron chi connectivity index (χ2n) is 8.37. The zero-order valence-electron chi connectivity index (χ0n) is 19.0. The molecule has 0 fully saturated rings. The number of anilines is 1. The average Bonchev–Trinajstić information content (AvgIpc) is 2.93. The molecule has 4 rings (SSSR count). The van der Waals surface area contributed by atoms with Gasteiger partial charge in [-0.2, -0.15) is 0 Å². The fraction of sp³-hybridized carbons (Fsp3) is 0.222. The van der Waals surface area contributed by atoms with Crippen LogP contribution < -0.4 is 15.5 Å². The van der Waals surface area contributed by atoms with Crippen LogP contribution in [0.4, 0.5) is 5.69 Å². The number of hydrogen-bond donors (Lipinski definition) is 2. The molecule has 0 unspecified atom stereocenters. The van der Waals surface area contributed by atoms with E-state index < -0.39 is 17.9 Å². The maximum atomic E-state index is 13.3. The fourth-order valence-corrected chi connectivity index (χ4v) is 4.01. The molecule has 6 heteroatoms. The van der Waals surface area contributed by atoms with Gasteiger partial charge in [-0.3, -0.25) is 14.4 Å². The number of aryl methyl sites for hydroxylation is 1.